The maximum absolute atomic E-state index is 13.2. The molecule has 3 aromatic heterocycles. The van der Waals surface area contributed by atoms with E-state index in [2.05, 4.69) is 36.4 Å². The van der Waals surface area contributed by atoms with Gasteiger partial charge in [0.25, 0.3) is 5.91 Å². The van der Waals surface area contributed by atoms with Crippen molar-refractivity contribution >= 4 is 33.2 Å². The molecule has 30 heavy (non-hydrogen) atoms. The number of amides is 1. The summed E-state index contributed by atoms with van der Waals surface area (Å²) < 4.78 is 43.4. The van der Waals surface area contributed by atoms with E-state index in [0.29, 0.717) is 23.6 Å². The van der Waals surface area contributed by atoms with Crippen molar-refractivity contribution in [3.63, 3.8) is 0 Å². The molecule has 0 fully saturated rings. The van der Waals surface area contributed by atoms with Crippen molar-refractivity contribution < 1.29 is 18.0 Å². The van der Waals surface area contributed by atoms with Crippen molar-refractivity contribution in [2.24, 2.45) is 0 Å². The zero-order valence-corrected chi connectivity index (χ0v) is 17.1. The Hall–Kier alpha value is -3.21. The Morgan fingerprint density at radius 1 is 1.20 bits per heavy atom. The van der Waals surface area contributed by atoms with Crippen molar-refractivity contribution in [3.8, 4) is 11.4 Å². The molecule has 1 aromatic carbocycles. The van der Waals surface area contributed by atoms with Crippen molar-refractivity contribution in [1.29, 1.82) is 0 Å². The first kappa shape index (κ1) is 20.1. The summed E-state index contributed by atoms with van der Waals surface area (Å²) in [4.78, 5) is 16.8. The number of carbonyl (C=O) groups is 1. The highest BCUT2D eigenvalue weighted by Crippen LogP contribution is 2.34. The topological polar surface area (TPSA) is 77.1 Å². The van der Waals surface area contributed by atoms with Crippen LogP contribution in [-0.4, -0.2) is 30.3 Å². The Bertz CT molecular complexity index is 1250. The van der Waals surface area contributed by atoms with Gasteiger partial charge in [-0.25, -0.2) is 9.50 Å². The van der Waals surface area contributed by atoms with Crippen LogP contribution in [0.15, 0.2) is 53.3 Å². The lowest BCUT2D eigenvalue weighted by atomic mass is 10.1. The van der Waals surface area contributed by atoms with E-state index in [1.807, 2.05) is 13.1 Å². The molecule has 0 aliphatic carbocycles. The molecule has 4 aromatic rings. The van der Waals surface area contributed by atoms with Gasteiger partial charge in [0.2, 0.25) is 0 Å². The minimum absolute atomic E-state index is 0.0713. The Labute approximate surface area is 176 Å². The predicted octanol–water partition coefficient (Wildman–Crippen LogP) is 4.65. The third-order valence-electron chi connectivity index (χ3n) is 4.35. The van der Waals surface area contributed by atoms with Gasteiger partial charge in [-0.15, -0.1) is 0 Å². The fraction of sp³-hybridized carbons (Fsp3) is 0.158. The molecule has 1 amide bonds. The van der Waals surface area contributed by atoms with Crippen LogP contribution in [0.4, 0.5) is 18.9 Å². The molecule has 0 radical (unpaired) electrons. The standard InChI is InChI=1S/C19H14BrF3N6O/c1-2-28-10-12(20)17(27-28)15-7-8-24-16-9-14(26-29(15)16)18(30)25-13-6-4-3-5-11(13)19(21,22)23/h3-10H,2H2,1H3,(H,25,30). The van der Waals surface area contributed by atoms with E-state index in [1.165, 1.54) is 28.8 Å². The highest BCUT2D eigenvalue weighted by Gasteiger charge is 2.33. The maximum Gasteiger partial charge on any atom is 0.418 e. The molecule has 0 unspecified atom stereocenters. The second kappa shape index (κ2) is 7.56. The van der Waals surface area contributed by atoms with Crippen molar-refractivity contribution in [3.05, 3.63) is 64.5 Å². The lowest BCUT2D eigenvalue weighted by molar-refractivity contribution is -0.136. The van der Waals surface area contributed by atoms with Crippen molar-refractivity contribution in [2.45, 2.75) is 19.6 Å². The molecular formula is C19H14BrF3N6O. The molecule has 4 rings (SSSR count). The zero-order valence-electron chi connectivity index (χ0n) is 15.5. The number of hydrogen-bond donors (Lipinski definition) is 1. The Balaban J connectivity index is 1.72. The highest BCUT2D eigenvalue weighted by atomic mass is 79.9. The number of nitrogens with one attached hydrogen (secondary N) is 1. The van der Waals surface area contributed by atoms with Crippen molar-refractivity contribution in [1.82, 2.24) is 24.4 Å². The van der Waals surface area contributed by atoms with Crippen LogP contribution in [0.25, 0.3) is 17.0 Å². The monoisotopic (exact) mass is 478 g/mol. The summed E-state index contributed by atoms with van der Waals surface area (Å²) in [6, 6.07) is 7.85. The first-order chi connectivity index (χ1) is 14.3. The van der Waals surface area contributed by atoms with Crippen LogP contribution in [0.5, 0.6) is 0 Å². The van der Waals surface area contributed by atoms with Crippen LogP contribution in [-0.2, 0) is 12.7 Å². The van der Waals surface area contributed by atoms with Gasteiger partial charge in [-0.1, -0.05) is 12.1 Å². The largest absolute Gasteiger partial charge is 0.418 e. The number of aryl methyl sites for hydroxylation is 1. The Morgan fingerprint density at radius 2 is 1.97 bits per heavy atom. The molecule has 0 aliphatic rings. The van der Waals surface area contributed by atoms with E-state index >= 15 is 0 Å². The summed E-state index contributed by atoms with van der Waals surface area (Å²) in [7, 11) is 0. The van der Waals surface area contributed by atoms with Gasteiger partial charge in [0.15, 0.2) is 11.3 Å². The average Bonchev–Trinajstić information content (AvgIpc) is 3.31. The van der Waals surface area contributed by atoms with E-state index < -0.39 is 17.6 Å². The van der Waals surface area contributed by atoms with Crippen molar-refractivity contribution in [2.75, 3.05) is 5.32 Å². The SMILES string of the molecule is CCn1cc(Br)c(-c2ccnc3cc(C(=O)Nc4ccccc4C(F)(F)F)nn23)n1. The number of carbonyl (C=O) groups excluding carboxylic acids is 1. The number of nitrogens with zero attached hydrogens (tertiary/aromatic N) is 5. The fourth-order valence-electron chi connectivity index (χ4n) is 2.94. The van der Waals surface area contributed by atoms with Gasteiger partial charge < -0.3 is 5.32 Å². The van der Waals surface area contributed by atoms with Gasteiger partial charge >= 0.3 is 6.18 Å². The van der Waals surface area contributed by atoms with E-state index in [9.17, 15) is 18.0 Å². The number of para-hydroxylation sites is 1. The van der Waals surface area contributed by atoms with Crippen LogP contribution < -0.4 is 5.32 Å². The summed E-state index contributed by atoms with van der Waals surface area (Å²) in [5.74, 6) is -0.777. The lowest BCUT2D eigenvalue weighted by Crippen LogP contribution is -2.17. The van der Waals surface area contributed by atoms with Crippen LogP contribution in [0.1, 0.15) is 23.0 Å². The average molecular weight is 479 g/mol. The summed E-state index contributed by atoms with van der Waals surface area (Å²) in [6.07, 6.45) is -1.24. The molecule has 11 heteroatoms. The van der Waals surface area contributed by atoms with Gasteiger partial charge in [-0.3, -0.25) is 9.48 Å². The molecule has 154 valence electrons. The number of alkyl halides is 3. The van der Waals surface area contributed by atoms with Crippen LogP contribution in [0.2, 0.25) is 0 Å². The summed E-state index contributed by atoms with van der Waals surface area (Å²) in [6.45, 7) is 2.61. The first-order valence-corrected chi connectivity index (χ1v) is 9.63. The number of benzene rings is 1. The fourth-order valence-corrected chi connectivity index (χ4v) is 3.46. The van der Waals surface area contributed by atoms with E-state index in [0.717, 1.165) is 10.5 Å². The smallest absolute Gasteiger partial charge is 0.320 e. The van der Waals surface area contributed by atoms with Crippen LogP contribution in [0.3, 0.4) is 0 Å². The molecule has 0 bridgehead atoms. The number of aromatic nitrogens is 5. The molecule has 0 spiro atoms. The van der Waals surface area contributed by atoms with Crippen LogP contribution >= 0.6 is 15.9 Å². The first-order valence-electron chi connectivity index (χ1n) is 8.83. The maximum atomic E-state index is 13.2. The van der Waals surface area contributed by atoms with Gasteiger partial charge in [0.05, 0.1) is 21.4 Å². The minimum atomic E-state index is -4.60. The second-order valence-electron chi connectivity index (χ2n) is 6.31. The Morgan fingerprint density at radius 3 is 2.67 bits per heavy atom. The van der Waals surface area contributed by atoms with Crippen LogP contribution in [0, 0.1) is 0 Å². The van der Waals surface area contributed by atoms with Gasteiger partial charge in [0.1, 0.15) is 5.69 Å². The quantitative estimate of drug-likeness (QED) is 0.463. The highest BCUT2D eigenvalue weighted by molar-refractivity contribution is 9.10. The number of hydrogen-bond acceptors (Lipinski definition) is 4. The predicted molar refractivity (Wildman–Crippen MR) is 107 cm³/mol. The molecule has 7 nitrogen and oxygen atoms in total. The minimum Gasteiger partial charge on any atom is -0.320 e. The molecule has 0 saturated heterocycles. The van der Waals surface area contributed by atoms with E-state index in [4.69, 9.17) is 0 Å². The summed E-state index contributed by atoms with van der Waals surface area (Å²) in [5, 5.41) is 11.0. The molecule has 3 heterocycles. The molecule has 0 saturated carbocycles. The Kier molecular flexibility index (Phi) is 5.06. The molecular weight excluding hydrogens is 465 g/mol. The van der Waals surface area contributed by atoms with E-state index in [1.54, 1.807) is 16.9 Å². The zero-order chi connectivity index (χ0) is 21.5. The molecule has 1 N–H and O–H groups in total. The summed E-state index contributed by atoms with van der Waals surface area (Å²) >= 11 is 3.46. The third-order valence-corrected chi connectivity index (χ3v) is 4.94. The normalized spacial score (nSPS) is 11.8. The lowest BCUT2D eigenvalue weighted by Gasteiger charge is -2.12. The number of halogens is 4. The number of fused-ring (bicyclic) bond motifs is 1. The van der Waals surface area contributed by atoms with Gasteiger partial charge in [-0.2, -0.15) is 23.4 Å². The number of anilines is 1. The second-order valence-corrected chi connectivity index (χ2v) is 7.16. The molecule has 0 atom stereocenters. The van der Waals surface area contributed by atoms with Gasteiger partial charge in [0, 0.05) is 25.0 Å². The molecule has 0 aliphatic heterocycles. The third kappa shape index (κ3) is 3.67. The number of rotatable bonds is 4. The van der Waals surface area contributed by atoms with E-state index in [-0.39, 0.29) is 11.4 Å². The summed E-state index contributed by atoms with van der Waals surface area (Å²) in [5.41, 5.74) is 0.188. The van der Waals surface area contributed by atoms with Gasteiger partial charge in [-0.05, 0) is 41.1 Å².